The fourth-order valence-electron chi connectivity index (χ4n) is 2.06. The lowest BCUT2D eigenvalue weighted by Gasteiger charge is -2.07. The molecule has 10 heteroatoms. The molecule has 0 bridgehead atoms. The number of primary amides is 1. The van der Waals surface area contributed by atoms with E-state index in [0.717, 1.165) is 36.5 Å². The zero-order chi connectivity index (χ0) is 18.1. The highest BCUT2D eigenvalue weighted by Crippen LogP contribution is 2.32. The Balaban J connectivity index is 1.88. The highest BCUT2D eigenvalue weighted by Gasteiger charge is 2.20. The molecule has 0 spiro atoms. The number of carbonyl (C=O) groups is 2. The molecule has 25 heavy (non-hydrogen) atoms. The van der Waals surface area contributed by atoms with Crippen molar-refractivity contribution in [3.05, 3.63) is 24.3 Å². The van der Waals surface area contributed by atoms with Gasteiger partial charge in [-0.25, -0.2) is 9.78 Å². The summed E-state index contributed by atoms with van der Waals surface area (Å²) in [6.07, 6.45) is 8.48. The molecule has 136 valence electrons. The summed E-state index contributed by atoms with van der Waals surface area (Å²) in [5.74, 6) is 0.287. The van der Waals surface area contributed by atoms with Crippen molar-refractivity contribution in [2.75, 3.05) is 17.6 Å². The molecule has 2 rings (SSSR count). The van der Waals surface area contributed by atoms with Crippen molar-refractivity contribution >= 4 is 40.2 Å². The van der Waals surface area contributed by atoms with Crippen molar-refractivity contribution in [3.8, 4) is 0 Å². The Labute approximate surface area is 154 Å². The van der Waals surface area contributed by atoms with Crippen molar-refractivity contribution in [1.82, 2.24) is 19.2 Å². The van der Waals surface area contributed by atoms with Crippen LogP contribution in [0.25, 0.3) is 0 Å². The first-order chi connectivity index (χ1) is 12.1. The van der Waals surface area contributed by atoms with E-state index in [1.807, 2.05) is 10.8 Å². The maximum atomic E-state index is 12.0. The van der Waals surface area contributed by atoms with Gasteiger partial charge in [-0.2, -0.15) is 4.37 Å². The number of unbranched alkanes of at least 4 members (excludes halogenated alkanes) is 2. The van der Waals surface area contributed by atoms with E-state index in [4.69, 9.17) is 5.73 Å². The average Bonchev–Trinajstić information content (AvgIpc) is 3.21. The van der Waals surface area contributed by atoms with E-state index < -0.39 is 11.9 Å². The van der Waals surface area contributed by atoms with Crippen molar-refractivity contribution in [2.24, 2.45) is 5.73 Å². The van der Waals surface area contributed by atoms with Crippen molar-refractivity contribution in [2.45, 2.75) is 37.8 Å². The topological polar surface area (TPSA) is 115 Å². The maximum Gasteiger partial charge on any atom is 0.319 e. The van der Waals surface area contributed by atoms with Crippen LogP contribution in [0.5, 0.6) is 0 Å². The first-order valence-electron chi connectivity index (χ1n) is 8.04. The second-order valence-corrected chi connectivity index (χ2v) is 7.15. The molecule has 2 heterocycles. The van der Waals surface area contributed by atoms with Crippen LogP contribution in [0.2, 0.25) is 0 Å². The van der Waals surface area contributed by atoms with Crippen LogP contribution in [0.4, 0.5) is 9.80 Å². The Morgan fingerprint density at radius 1 is 1.40 bits per heavy atom. The number of imidazole rings is 1. The highest BCUT2D eigenvalue weighted by atomic mass is 32.2. The zero-order valence-electron chi connectivity index (χ0n) is 14.0. The second kappa shape index (κ2) is 10.0. The summed E-state index contributed by atoms with van der Waals surface area (Å²) in [5.41, 5.74) is 5.75. The number of hydrogen-bond acceptors (Lipinski definition) is 6. The zero-order valence-corrected chi connectivity index (χ0v) is 15.7. The minimum Gasteiger partial charge on any atom is -0.365 e. The number of hydrogen-bond donors (Lipinski definition) is 3. The van der Waals surface area contributed by atoms with Crippen LogP contribution in [0.15, 0.2) is 23.7 Å². The van der Waals surface area contributed by atoms with Gasteiger partial charge >= 0.3 is 6.03 Å². The van der Waals surface area contributed by atoms with E-state index in [-0.39, 0.29) is 5.56 Å². The molecular weight excluding hydrogens is 360 g/mol. The van der Waals surface area contributed by atoms with Gasteiger partial charge in [-0.15, -0.1) is 11.8 Å². The fourth-order valence-corrected chi connectivity index (χ4v) is 4.03. The predicted octanol–water partition coefficient (Wildman–Crippen LogP) is 2.54. The van der Waals surface area contributed by atoms with Crippen LogP contribution in [0.1, 0.15) is 36.5 Å². The van der Waals surface area contributed by atoms with Gasteiger partial charge in [0.05, 0.1) is 6.33 Å². The highest BCUT2D eigenvalue weighted by molar-refractivity contribution is 7.99. The van der Waals surface area contributed by atoms with Gasteiger partial charge in [-0.3, -0.25) is 10.1 Å². The number of anilines is 1. The summed E-state index contributed by atoms with van der Waals surface area (Å²) >= 11 is 2.56. The fraction of sp³-hybridized carbons (Fsp3) is 0.467. The van der Waals surface area contributed by atoms with E-state index in [9.17, 15) is 9.59 Å². The van der Waals surface area contributed by atoms with Gasteiger partial charge in [0, 0.05) is 25.5 Å². The summed E-state index contributed by atoms with van der Waals surface area (Å²) in [4.78, 5) is 27.7. The molecule has 0 radical (unpaired) electrons. The van der Waals surface area contributed by atoms with Crippen LogP contribution in [0, 0.1) is 0 Å². The molecular formula is C15H22N6O2S2. The molecule has 0 saturated heterocycles. The minimum absolute atomic E-state index is 0.288. The van der Waals surface area contributed by atoms with Gasteiger partial charge in [0.15, 0.2) is 0 Å². The monoisotopic (exact) mass is 382 g/mol. The first-order valence-corrected chi connectivity index (χ1v) is 9.80. The molecule has 3 amide bonds. The number of nitrogens with one attached hydrogen (secondary N) is 2. The number of nitrogens with zero attached hydrogens (tertiary/aromatic N) is 3. The molecule has 8 nitrogen and oxygen atoms in total. The van der Waals surface area contributed by atoms with Crippen molar-refractivity contribution < 1.29 is 9.59 Å². The lowest BCUT2D eigenvalue weighted by molar-refractivity contribution is 0.0998. The van der Waals surface area contributed by atoms with Crippen LogP contribution in [-0.4, -0.2) is 38.2 Å². The summed E-state index contributed by atoms with van der Waals surface area (Å²) in [6, 6.07) is -0.395. The molecule has 2 aromatic rings. The standard InChI is InChI=1S/C15H22N6O2S2/c1-2-3-4-9-24-14-11(12(16)22)13(25-20-14)19-15(23)18-6-8-21-7-5-17-10-21/h5,7,10H,2-4,6,8-9H2,1H3,(H2,16,22)(H2,18,19,23). The molecule has 0 aliphatic carbocycles. The van der Waals surface area contributed by atoms with E-state index in [0.29, 0.717) is 23.1 Å². The van der Waals surface area contributed by atoms with Gasteiger partial charge < -0.3 is 15.6 Å². The van der Waals surface area contributed by atoms with Gasteiger partial charge in [0.1, 0.15) is 15.6 Å². The number of aromatic nitrogens is 3. The van der Waals surface area contributed by atoms with Gasteiger partial charge in [0.2, 0.25) is 0 Å². The Morgan fingerprint density at radius 2 is 2.24 bits per heavy atom. The quantitative estimate of drug-likeness (QED) is 0.431. The van der Waals surface area contributed by atoms with Gasteiger partial charge in [0.25, 0.3) is 5.91 Å². The minimum atomic E-state index is -0.583. The van der Waals surface area contributed by atoms with E-state index >= 15 is 0 Å². The van der Waals surface area contributed by atoms with E-state index in [1.165, 1.54) is 11.8 Å². The lowest BCUT2D eigenvalue weighted by atomic mass is 10.3. The molecule has 0 saturated carbocycles. The summed E-state index contributed by atoms with van der Waals surface area (Å²) in [5, 5.41) is 6.35. The summed E-state index contributed by atoms with van der Waals surface area (Å²) in [7, 11) is 0. The largest absolute Gasteiger partial charge is 0.365 e. The van der Waals surface area contributed by atoms with E-state index in [2.05, 4.69) is 26.9 Å². The molecule has 0 fully saturated rings. The van der Waals surface area contributed by atoms with E-state index in [1.54, 1.807) is 12.5 Å². The molecule has 4 N–H and O–H groups in total. The number of carbonyl (C=O) groups excluding carboxylic acids is 2. The molecule has 0 unspecified atom stereocenters. The molecule has 2 aromatic heterocycles. The Kier molecular flexibility index (Phi) is 7.74. The van der Waals surface area contributed by atoms with Gasteiger partial charge in [-0.05, 0) is 23.7 Å². The number of urea groups is 1. The predicted molar refractivity (Wildman–Crippen MR) is 100 cm³/mol. The van der Waals surface area contributed by atoms with Crippen LogP contribution in [-0.2, 0) is 6.54 Å². The average molecular weight is 383 g/mol. The number of amides is 3. The molecule has 0 aliphatic rings. The second-order valence-electron chi connectivity index (χ2n) is 5.29. The number of rotatable bonds is 10. The molecule has 0 aliphatic heterocycles. The SMILES string of the molecule is CCCCCSc1nsc(NC(=O)NCCn2ccnc2)c1C(N)=O. The Hall–Kier alpha value is -2.07. The Morgan fingerprint density at radius 3 is 2.92 bits per heavy atom. The van der Waals surface area contributed by atoms with Crippen LogP contribution < -0.4 is 16.4 Å². The smallest absolute Gasteiger partial charge is 0.319 e. The summed E-state index contributed by atoms with van der Waals surface area (Å²) < 4.78 is 6.11. The van der Waals surface area contributed by atoms with Crippen LogP contribution >= 0.6 is 23.3 Å². The third-order valence-electron chi connectivity index (χ3n) is 3.34. The maximum absolute atomic E-state index is 12.0. The Bertz CT molecular complexity index is 686. The van der Waals surface area contributed by atoms with Gasteiger partial charge in [-0.1, -0.05) is 19.8 Å². The number of nitrogens with two attached hydrogens (primary N) is 1. The van der Waals surface area contributed by atoms with Crippen molar-refractivity contribution in [3.63, 3.8) is 0 Å². The first kappa shape index (κ1) is 19.3. The third-order valence-corrected chi connectivity index (χ3v) is 5.28. The third kappa shape index (κ3) is 6.05. The van der Waals surface area contributed by atoms with Crippen LogP contribution in [0.3, 0.4) is 0 Å². The molecule has 0 atom stereocenters. The van der Waals surface area contributed by atoms with Crippen molar-refractivity contribution in [1.29, 1.82) is 0 Å². The molecule has 0 aromatic carbocycles. The normalized spacial score (nSPS) is 10.6. The summed E-state index contributed by atoms with van der Waals surface area (Å²) in [6.45, 7) is 3.18. The lowest BCUT2D eigenvalue weighted by Crippen LogP contribution is -2.31. The number of thioether (sulfide) groups is 1.